The fourth-order valence-electron chi connectivity index (χ4n) is 5.80. The monoisotopic (exact) mass is 728 g/mol. The highest BCUT2D eigenvalue weighted by Gasteiger charge is 2.30. The number of rotatable bonds is 28. The van der Waals surface area contributed by atoms with E-state index < -0.39 is 53.6 Å². The van der Waals surface area contributed by atoms with Crippen molar-refractivity contribution in [2.45, 2.75) is 123 Å². The number of hydrogen-bond donors (Lipinski definition) is 7. The standard InChI is InChI=1S/C35H60N4O12/c1-4-18-50-20-21-51-19-6-17-36-33(47)26(13-15-30(42)43)38-29(41)14-12-27(34(48)49)39-32(46)25-10-8-24(9-11-25)23-37-28(40)7-5-16-35(2,3)22-31(44)45/h24-27H,4-23H2,1-3H3,(H,36,47)(H,37,40)(H,38,41)(H,39,46)(H,42,43)(H,44,45)(H,48,49). The number of carbonyl (C=O) groups excluding carboxylic acids is 4. The molecule has 2 unspecified atom stereocenters. The first-order valence-corrected chi connectivity index (χ1v) is 18.1. The lowest BCUT2D eigenvalue weighted by atomic mass is 9.81. The maximum absolute atomic E-state index is 12.9. The Morgan fingerprint density at radius 3 is 1.98 bits per heavy atom. The second-order valence-electron chi connectivity index (χ2n) is 14.0. The van der Waals surface area contributed by atoms with Gasteiger partial charge in [-0.3, -0.25) is 28.8 Å². The van der Waals surface area contributed by atoms with Gasteiger partial charge in [-0.25, -0.2) is 4.79 Å². The van der Waals surface area contributed by atoms with Crippen LogP contribution < -0.4 is 21.3 Å². The van der Waals surface area contributed by atoms with E-state index in [1.165, 1.54) is 0 Å². The van der Waals surface area contributed by atoms with Gasteiger partial charge in [0.05, 0.1) is 19.6 Å². The van der Waals surface area contributed by atoms with E-state index in [1.54, 1.807) is 0 Å². The van der Waals surface area contributed by atoms with Crippen molar-refractivity contribution in [3.63, 3.8) is 0 Å². The Morgan fingerprint density at radius 1 is 0.725 bits per heavy atom. The lowest BCUT2D eigenvalue weighted by Gasteiger charge is -2.29. The van der Waals surface area contributed by atoms with Gasteiger partial charge in [0, 0.05) is 51.5 Å². The number of amides is 4. The summed E-state index contributed by atoms with van der Waals surface area (Å²) in [5.74, 6) is -5.29. The summed E-state index contributed by atoms with van der Waals surface area (Å²) in [7, 11) is 0. The van der Waals surface area contributed by atoms with Crippen LogP contribution in [0.25, 0.3) is 0 Å². The predicted octanol–water partition coefficient (Wildman–Crippen LogP) is 2.23. The Bertz CT molecular complexity index is 1120. The molecule has 0 radical (unpaired) electrons. The largest absolute Gasteiger partial charge is 0.481 e. The van der Waals surface area contributed by atoms with Crippen LogP contribution in [-0.4, -0.2) is 108 Å². The van der Waals surface area contributed by atoms with Crippen molar-refractivity contribution in [3.8, 4) is 0 Å². The molecule has 7 N–H and O–H groups in total. The Labute approximate surface area is 300 Å². The minimum absolute atomic E-state index is 0.0405. The summed E-state index contributed by atoms with van der Waals surface area (Å²) >= 11 is 0. The highest BCUT2D eigenvalue weighted by Crippen LogP contribution is 2.29. The van der Waals surface area contributed by atoms with Gasteiger partial charge < -0.3 is 46.1 Å². The number of carboxylic acid groups (broad SMARTS) is 3. The van der Waals surface area contributed by atoms with E-state index in [4.69, 9.17) is 19.7 Å². The zero-order valence-corrected chi connectivity index (χ0v) is 30.5. The third-order valence-corrected chi connectivity index (χ3v) is 8.75. The molecule has 0 aliphatic heterocycles. The molecule has 1 aliphatic carbocycles. The average Bonchev–Trinajstić information content (AvgIpc) is 3.05. The molecule has 0 spiro atoms. The summed E-state index contributed by atoms with van der Waals surface area (Å²) in [5.41, 5.74) is -0.387. The van der Waals surface area contributed by atoms with Gasteiger partial charge in [0.25, 0.3) is 0 Å². The van der Waals surface area contributed by atoms with Gasteiger partial charge in [-0.1, -0.05) is 20.8 Å². The van der Waals surface area contributed by atoms with Gasteiger partial charge in [-0.2, -0.15) is 0 Å². The topological polar surface area (TPSA) is 247 Å². The van der Waals surface area contributed by atoms with Crippen LogP contribution in [-0.2, 0) is 43.0 Å². The second kappa shape index (κ2) is 25.2. The van der Waals surface area contributed by atoms with Crippen molar-refractivity contribution in [1.82, 2.24) is 21.3 Å². The zero-order valence-electron chi connectivity index (χ0n) is 30.5. The number of hydrogen-bond acceptors (Lipinski definition) is 9. The van der Waals surface area contributed by atoms with E-state index in [0.29, 0.717) is 84.3 Å². The van der Waals surface area contributed by atoms with Gasteiger partial charge in [0.2, 0.25) is 23.6 Å². The maximum Gasteiger partial charge on any atom is 0.326 e. The Morgan fingerprint density at radius 2 is 1.37 bits per heavy atom. The van der Waals surface area contributed by atoms with Crippen LogP contribution in [0.3, 0.4) is 0 Å². The van der Waals surface area contributed by atoms with Crippen LogP contribution in [0, 0.1) is 17.3 Å². The normalized spacial score (nSPS) is 17.1. The van der Waals surface area contributed by atoms with Crippen molar-refractivity contribution < 1.29 is 58.4 Å². The predicted molar refractivity (Wildman–Crippen MR) is 185 cm³/mol. The highest BCUT2D eigenvalue weighted by atomic mass is 16.5. The number of carbonyl (C=O) groups is 7. The number of nitrogens with one attached hydrogen (secondary N) is 4. The first-order valence-electron chi connectivity index (χ1n) is 18.1. The van der Waals surface area contributed by atoms with Gasteiger partial charge >= 0.3 is 17.9 Å². The molecular formula is C35H60N4O12. The fraction of sp³-hybridized carbons (Fsp3) is 0.800. The van der Waals surface area contributed by atoms with Gasteiger partial charge in [-0.15, -0.1) is 0 Å². The van der Waals surface area contributed by atoms with Crippen LogP contribution in [0.2, 0.25) is 0 Å². The molecule has 0 aromatic carbocycles. The van der Waals surface area contributed by atoms with E-state index >= 15 is 0 Å². The molecule has 1 saturated carbocycles. The summed E-state index contributed by atoms with van der Waals surface area (Å²) in [5, 5.41) is 38.4. The molecular weight excluding hydrogens is 668 g/mol. The quantitative estimate of drug-likeness (QED) is 0.0574. The molecule has 292 valence electrons. The van der Waals surface area contributed by atoms with Crippen molar-refractivity contribution in [1.29, 1.82) is 0 Å². The molecule has 16 nitrogen and oxygen atoms in total. The average molecular weight is 729 g/mol. The lowest BCUT2D eigenvalue weighted by molar-refractivity contribution is -0.143. The number of carboxylic acids is 3. The number of aliphatic carboxylic acids is 3. The van der Waals surface area contributed by atoms with Crippen LogP contribution in [0.15, 0.2) is 0 Å². The van der Waals surface area contributed by atoms with Crippen LogP contribution in [0.5, 0.6) is 0 Å². The van der Waals surface area contributed by atoms with Crippen LogP contribution in [0.4, 0.5) is 0 Å². The Kier molecular flexibility index (Phi) is 22.4. The molecule has 51 heavy (non-hydrogen) atoms. The van der Waals surface area contributed by atoms with E-state index in [1.807, 2.05) is 20.8 Å². The minimum atomic E-state index is -1.33. The molecule has 0 heterocycles. The summed E-state index contributed by atoms with van der Waals surface area (Å²) in [4.78, 5) is 84.6. The molecule has 0 bridgehead atoms. The molecule has 0 aromatic heterocycles. The first kappa shape index (κ1) is 45.2. The minimum Gasteiger partial charge on any atom is -0.481 e. The summed E-state index contributed by atoms with van der Waals surface area (Å²) < 4.78 is 10.7. The Balaban J connectivity index is 2.46. The second-order valence-corrected chi connectivity index (χ2v) is 14.0. The smallest absolute Gasteiger partial charge is 0.326 e. The van der Waals surface area contributed by atoms with E-state index in [2.05, 4.69) is 21.3 Å². The van der Waals surface area contributed by atoms with Crippen molar-refractivity contribution in [2.75, 3.05) is 39.5 Å². The van der Waals surface area contributed by atoms with Gasteiger partial charge in [-0.05, 0) is 75.5 Å². The summed E-state index contributed by atoms with van der Waals surface area (Å²) in [6, 6.07) is -2.47. The van der Waals surface area contributed by atoms with E-state index in [0.717, 1.165) is 6.42 Å². The van der Waals surface area contributed by atoms with Crippen LogP contribution in [0.1, 0.15) is 111 Å². The summed E-state index contributed by atoms with van der Waals surface area (Å²) in [6.07, 6.45) is 4.27. The molecule has 1 rings (SSSR count). The zero-order chi connectivity index (χ0) is 38.2. The highest BCUT2D eigenvalue weighted by molar-refractivity contribution is 5.89. The maximum atomic E-state index is 12.9. The SMILES string of the molecule is CCCOCCOCCCNC(=O)C(CCC(=O)O)NC(=O)CCC(NC(=O)C1CCC(CNC(=O)CCCC(C)(C)CC(=O)O)CC1)C(=O)O. The van der Waals surface area contributed by atoms with E-state index in [-0.39, 0.29) is 55.9 Å². The molecule has 0 aromatic rings. The molecule has 1 fully saturated rings. The lowest BCUT2D eigenvalue weighted by Crippen LogP contribution is -2.48. The third-order valence-electron chi connectivity index (χ3n) is 8.75. The van der Waals surface area contributed by atoms with Crippen molar-refractivity contribution in [3.05, 3.63) is 0 Å². The van der Waals surface area contributed by atoms with Gasteiger partial charge in [0.15, 0.2) is 0 Å². The van der Waals surface area contributed by atoms with Gasteiger partial charge in [0.1, 0.15) is 12.1 Å². The third kappa shape index (κ3) is 21.9. The Hall–Kier alpha value is -3.79. The van der Waals surface area contributed by atoms with Crippen LogP contribution >= 0.6 is 0 Å². The summed E-state index contributed by atoms with van der Waals surface area (Å²) in [6.45, 7) is 8.37. The molecule has 2 atom stereocenters. The molecule has 0 saturated heterocycles. The molecule has 16 heteroatoms. The first-order chi connectivity index (χ1) is 24.1. The molecule has 1 aliphatic rings. The van der Waals surface area contributed by atoms with Crippen molar-refractivity contribution in [2.24, 2.45) is 17.3 Å². The van der Waals surface area contributed by atoms with E-state index in [9.17, 15) is 38.7 Å². The van der Waals surface area contributed by atoms with Crippen molar-refractivity contribution >= 4 is 41.5 Å². The fourth-order valence-corrected chi connectivity index (χ4v) is 5.80. The number of ether oxygens (including phenoxy) is 2. The molecule has 4 amide bonds.